The fourth-order valence-corrected chi connectivity index (χ4v) is 1.45. The van der Waals surface area contributed by atoms with Gasteiger partial charge < -0.3 is 4.74 Å². The number of carbonyl (C=O) groups excluding carboxylic acids is 1. The molecule has 1 heterocycles. The van der Waals surface area contributed by atoms with Gasteiger partial charge in [-0.25, -0.2) is 9.37 Å². The van der Waals surface area contributed by atoms with E-state index in [1.54, 1.807) is 6.92 Å². The normalized spacial score (nSPS) is 10.2. The smallest absolute Gasteiger partial charge is 0.215 e. The lowest BCUT2D eigenvalue weighted by atomic mass is 10.1. The topological polar surface area (TPSA) is 52.1 Å². The summed E-state index contributed by atoms with van der Waals surface area (Å²) in [5, 5.41) is 0. The molecule has 1 aromatic carbocycles. The molecule has 0 atom stereocenters. The Kier molecular flexibility index (Phi) is 3.32. The van der Waals surface area contributed by atoms with E-state index in [2.05, 4.69) is 9.97 Å². The number of aromatic nitrogens is 2. The van der Waals surface area contributed by atoms with Gasteiger partial charge in [0.05, 0.1) is 24.6 Å². The highest BCUT2D eigenvalue weighted by Crippen LogP contribution is 2.18. The second-order valence-electron chi connectivity index (χ2n) is 3.72. The van der Waals surface area contributed by atoms with Crippen LogP contribution in [-0.4, -0.2) is 22.9 Å². The van der Waals surface area contributed by atoms with Crippen molar-refractivity contribution in [3.05, 3.63) is 53.4 Å². The number of benzene rings is 1. The third-order valence-corrected chi connectivity index (χ3v) is 2.43. The van der Waals surface area contributed by atoms with Crippen LogP contribution in [0.1, 0.15) is 21.7 Å². The van der Waals surface area contributed by atoms with Gasteiger partial charge in [-0.2, -0.15) is 0 Å². The third-order valence-electron chi connectivity index (χ3n) is 2.43. The summed E-state index contributed by atoms with van der Waals surface area (Å²) in [6.45, 7) is 1.76. The Morgan fingerprint density at radius 2 is 2.06 bits per heavy atom. The summed E-state index contributed by atoms with van der Waals surface area (Å²) in [4.78, 5) is 19.9. The van der Waals surface area contributed by atoms with E-state index in [-0.39, 0.29) is 11.3 Å². The first-order valence-electron chi connectivity index (χ1n) is 5.28. The molecule has 0 radical (unpaired) electrons. The molecule has 5 heteroatoms. The predicted molar refractivity (Wildman–Crippen MR) is 63.2 cm³/mol. The molecule has 0 amide bonds. The molecular formula is C13H11FN2O2. The van der Waals surface area contributed by atoms with E-state index >= 15 is 0 Å². The average Bonchev–Trinajstić information content (AvgIpc) is 2.38. The SMILES string of the molecule is COc1ccc(C(=O)c2cnc(C)cn2)c(F)c1. The molecule has 0 aliphatic carbocycles. The van der Waals surface area contributed by atoms with Crippen molar-refractivity contribution in [2.75, 3.05) is 7.11 Å². The number of nitrogens with zero attached hydrogens (tertiary/aromatic N) is 2. The minimum absolute atomic E-state index is 0.0473. The van der Waals surface area contributed by atoms with Gasteiger partial charge in [-0.15, -0.1) is 0 Å². The van der Waals surface area contributed by atoms with Crippen LogP contribution in [0, 0.1) is 12.7 Å². The second kappa shape index (κ2) is 4.91. The van der Waals surface area contributed by atoms with Crippen LogP contribution >= 0.6 is 0 Å². The molecule has 2 rings (SSSR count). The van der Waals surface area contributed by atoms with Gasteiger partial charge >= 0.3 is 0 Å². The Hall–Kier alpha value is -2.30. The second-order valence-corrected chi connectivity index (χ2v) is 3.72. The Morgan fingerprint density at radius 3 is 2.61 bits per heavy atom. The molecule has 4 nitrogen and oxygen atoms in total. The quantitative estimate of drug-likeness (QED) is 0.779. The first kappa shape index (κ1) is 12.2. The summed E-state index contributed by atoms with van der Waals surface area (Å²) >= 11 is 0. The maximum absolute atomic E-state index is 13.7. The van der Waals surface area contributed by atoms with E-state index in [1.807, 2.05) is 0 Å². The van der Waals surface area contributed by atoms with Gasteiger partial charge in [0.2, 0.25) is 5.78 Å². The number of halogens is 1. The molecule has 92 valence electrons. The van der Waals surface area contributed by atoms with E-state index in [1.165, 1.54) is 31.6 Å². The Bertz CT molecular complexity index is 582. The summed E-state index contributed by atoms with van der Waals surface area (Å²) in [5.41, 5.74) is 0.764. The number of hydrogen-bond donors (Lipinski definition) is 0. The number of methoxy groups -OCH3 is 1. The molecule has 0 unspecified atom stereocenters. The van der Waals surface area contributed by atoms with Crippen molar-refractivity contribution in [3.8, 4) is 5.75 Å². The minimum Gasteiger partial charge on any atom is -0.497 e. The largest absolute Gasteiger partial charge is 0.497 e. The lowest BCUT2D eigenvalue weighted by molar-refractivity contribution is 0.103. The van der Waals surface area contributed by atoms with Crippen LogP contribution in [0.4, 0.5) is 4.39 Å². The number of hydrogen-bond acceptors (Lipinski definition) is 4. The highest BCUT2D eigenvalue weighted by atomic mass is 19.1. The summed E-state index contributed by atoms with van der Waals surface area (Å²) in [6.07, 6.45) is 2.80. The zero-order valence-corrected chi connectivity index (χ0v) is 9.98. The van der Waals surface area contributed by atoms with Gasteiger partial charge in [-0.3, -0.25) is 9.78 Å². The van der Waals surface area contributed by atoms with Crippen molar-refractivity contribution in [2.45, 2.75) is 6.92 Å². The van der Waals surface area contributed by atoms with E-state index in [4.69, 9.17) is 4.74 Å². The van der Waals surface area contributed by atoms with Crippen LogP contribution in [0.15, 0.2) is 30.6 Å². The zero-order valence-electron chi connectivity index (χ0n) is 9.98. The predicted octanol–water partition coefficient (Wildman–Crippen LogP) is 2.16. The first-order valence-corrected chi connectivity index (χ1v) is 5.28. The minimum atomic E-state index is -0.637. The lowest BCUT2D eigenvalue weighted by Gasteiger charge is -2.04. The fourth-order valence-electron chi connectivity index (χ4n) is 1.45. The maximum Gasteiger partial charge on any atom is 0.215 e. The number of aryl methyl sites for hydroxylation is 1. The third kappa shape index (κ3) is 2.34. The van der Waals surface area contributed by atoms with E-state index in [0.717, 1.165) is 6.07 Å². The van der Waals surface area contributed by atoms with Gasteiger partial charge in [0.25, 0.3) is 0 Å². The van der Waals surface area contributed by atoms with Crippen LogP contribution in [0.3, 0.4) is 0 Å². The number of ether oxygens (including phenoxy) is 1. The highest BCUT2D eigenvalue weighted by Gasteiger charge is 2.16. The first-order chi connectivity index (χ1) is 8.61. The van der Waals surface area contributed by atoms with E-state index in [0.29, 0.717) is 11.4 Å². The molecular weight excluding hydrogens is 235 g/mol. The molecule has 0 bridgehead atoms. The van der Waals surface area contributed by atoms with Crippen molar-refractivity contribution in [2.24, 2.45) is 0 Å². The van der Waals surface area contributed by atoms with Gasteiger partial charge in [0, 0.05) is 12.3 Å². The average molecular weight is 246 g/mol. The molecule has 1 aromatic heterocycles. The van der Waals surface area contributed by atoms with Crippen LogP contribution < -0.4 is 4.74 Å². The summed E-state index contributed by atoms with van der Waals surface area (Å²) in [5.74, 6) is -0.775. The van der Waals surface area contributed by atoms with Gasteiger partial charge in [0.15, 0.2) is 0 Å². The Morgan fingerprint density at radius 1 is 1.28 bits per heavy atom. The number of rotatable bonds is 3. The standard InChI is InChI=1S/C13H11FN2O2/c1-8-6-16-12(7-15-8)13(17)10-4-3-9(18-2)5-11(10)14/h3-7H,1-2H3. The summed E-state index contributed by atoms with van der Waals surface area (Å²) in [6, 6.07) is 4.06. The number of ketones is 1. The molecule has 2 aromatic rings. The van der Waals surface area contributed by atoms with Crippen LogP contribution in [0.5, 0.6) is 5.75 Å². The monoisotopic (exact) mass is 246 g/mol. The summed E-state index contributed by atoms with van der Waals surface area (Å²) in [7, 11) is 1.43. The van der Waals surface area contributed by atoms with E-state index in [9.17, 15) is 9.18 Å². The zero-order chi connectivity index (χ0) is 13.1. The molecule has 0 spiro atoms. The lowest BCUT2D eigenvalue weighted by Crippen LogP contribution is -2.07. The molecule has 0 aliphatic heterocycles. The van der Waals surface area contributed by atoms with Crippen molar-refractivity contribution in [1.82, 2.24) is 9.97 Å². The molecule has 0 aliphatic rings. The van der Waals surface area contributed by atoms with Crippen molar-refractivity contribution >= 4 is 5.78 Å². The fraction of sp³-hybridized carbons (Fsp3) is 0.154. The van der Waals surface area contributed by atoms with Gasteiger partial charge in [-0.05, 0) is 19.1 Å². The van der Waals surface area contributed by atoms with Crippen LogP contribution in [0.2, 0.25) is 0 Å². The van der Waals surface area contributed by atoms with Crippen LogP contribution in [0.25, 0.3) is 0 Å². The van der Waals surface area contributed by atoms with Gasteiger partial charge in [-0.1, -0.05) is 0 Å². The molecule has 18 heavy (non-hydrogen) atoms. The van der Waals surface area contributed by atoms with Gasteiger partial charge in [0.1, 0.15) is 17.3 Å². The molecule has 0 N–H and O–H groups in total. The Balaban J connectivity index is 2.37. The van der Waals surface area contributed by atoms with Crippen molar-refractivity contribution < 1.29 is 13.9 Å². The number of carbonyl (C=O) groups is 1. The van der Waals surface area contributed by atoms with Crippen molar-refractivity contribution in [3.63, 3.8) is 0 Å². The molecule has 0 fully saturated rings. The van der Waals surface area contributed by atoms with Crippen molar-refractivity contribution in [1.29, 1.82) is 0 Å². The Labute approximate surface area is 103 Å². The summed E-state index contributed by atoms with van der Waals surface area (Å²) < 4.78 is 18.6. The van der Waals surface area contributed by atoms with E-state index < -0.39 is 11.6 Å². The van der Waals surface area contributed by atoms with Crippen LogP contribution in [-0.2, 0) is 0 Å². The molecule has 0 saturated carbocycles. The molecule has 0 saturated heterocycles. The maximum atomic E-state index is 13.7. The highest BCUT2D eigenvalue weighted by molar-refractivity contribution is 6.07.